The SMILES string of the molecule is Cc1nn(-c2ccc(N3CCCCC3)nn2)c2c1C(c1cccc(O)c1)CC(=O)N2. The Kier molecular flexibility index (Phi) is 4.61. The van der Waals surface area contributed by atoms with E-state index in [1.165, 1.54) is 19.3 Å². The van der Waals surface area contributed by atoms with Crippen molar-refractivity contribution in [3.8, 4) is 11.6 Å². The number of carbonyl (C=O) groups is 1. The molecular weight excluding hydrogens is 380 g/mol. The molecular formula is C22H24N6O2. The minimum atomic E-state index is -0.171. The Balaban J connectivity index is 1.52. The van der Waals surface area contributed by atoms with Gasteiger partial charge in [-0.05, 0) is 56.0 Å². The second-order valence-electron chi connectivity index (χ2n) is 7.96. The molecule has 4 heterocycles. The van der Waals surface area contributed by atoms with E-state index in [9.17, 15) is 9.90 Å². The van der Waals surface area contributed by atoms with Crippen molar-refractivity contribution in [3.63, 3.8) is 0 Å². The third-order valence-corrected chi connectivity index (χ3v) is 5.91. The molecule has 1 aromatic carbocycles. The Morgan fingerprint density at radius 1 is 1.07 bits per heavy atom. The first kappa shape index (κ1) is 18.6. The number of aromatic hydroxyl groups is 1. The fourth-order valence-corrected chi connectivity index (χ4v) is 4.46. The highest BCUT2D eigenvalue weighted by Gasteiger charge is 2.33. The second kappa shape index (κ2) is 7.44. The molecule has 0 spiro atoms. The summed E-state index contributed by atoms with van der Waals surface area (Å²) in [7, 11) is 0. The number of benzene rings is 1. The highest BCUT2D eigenvalue weighted by molar-refractivity contribution is 5.95. The normalized spacial score (nSPS) is 18.8. The average molecular weight is 404 g/mol. The van der Waals surface area contributed by atoms with Gasteiger partial charge in [-0.25, -0.2) is 0 Å². The zero-order valence-electron chi connectivity index (χ0n) is 16.9. The van der Waals surface area contributed by atoms with Crippen molar-refractivity contribution in [3.05, 3.63) is 53.2 Å². The molecule has 2 aliphatic heterocycles. The van der Waals surface area contributed by atoms with E-state index in [1.54, 1.807) is 22.9 Å². The van der Waals surface area contributed by atoms with Crippen molar-refractivity contribution in [1.29, 1.82) is 0 Å². The number of anilines is 2. The third-order valence-electron chi connectivity index (χ3n) is 5.91. The van der Waals surface area contributed by atoms with Gasteiger partial charge in [-0.15, -0.1) is 10.2 Å². The molecule has 8 nitrogen and oxygen atoms in total. The first-order valence-corrected chi connectivity index (χ1v) is 10.4. The van der Waals surface area contributed by atoms with Crippen molar-refractivity contribution in [2.24, 2.45) is 0 Å². The van der Waals surface area contributed by atoms with Crippen LogP contribution in [-0.4, -0.2) is 44.1 Å². The summed E-state index contributed by atoms with van der Waals surface area (Å²) in [5.41, 5.74) is 2.66. The average Bonchev–Trinajstić information content (AvgIpc) is 3.10. The Bertz CT molecular complexity index is 1090. The van der Waals surface area contributed by atoms with Gasteiger partial charge in [0, 0.05) is 31.0 Å². The highest BCUT2D eigenvalue weighted by atomic mass is 16.3. The maximum absolute atomic E-state index is 12.5. The number of hydrogen-bond donors (Lipinski definition) is 2. The van der Waals surface area contributed by atoms with Crippen molar-refractivity contribution in [2.45, 2.75) is 38.5 Å². The molecule has 0 radical (unpaired) electrons. The van der Waals surface area contributed by atoms with Crippen LogP contribution in [0.3, 0.4) is 0 Å². The van der Waals surface area contributed by atoms with Crippen LogP contribution in [0.5, 0.6) is 5.75 Å². The molecule has 5 rings (SSSR count). The molecule has 1 amide bonds. The zero-order chi connectivity index (χ0) is 20.7. The number of nitrogens with one attached hydrogen (secondary N) is 1. The molecule has 1 atom stereocenters. The molecule has 1 saturated heterocycles. The number of hydrogen-bond acceptors (Lipinski definition) is 6. The minimum Gasteiger partial charge on any atom is -0.508 e. The van der Waals surface area contributed by atoms with E-state index < -0.39 is 0 Å². The molecule has 30 heavy (non-hydrogen) atoms. The number of phenols is 1. The van der Waals surface area contributed by atoms with E-state index in [1.807, 2.05) is 25.1 Å². The van der Waals surface area contributed by atoms with E-state index in [0.29, 0.717) is 18.1 Å². The topological polar surface area (TPSA) is 96.2 Å². The summed E-state index contributed by atoms with van der Waals surface area (Å²) >= 11 is 0. The number of fused-ring (bicyclic) bond motifs is 1. The van der Waals surface area contributed by atoms with Gasteiger partial charge in [0.15, 0.2) is 11.6 Å². The molecule has 0 bridgehead atoms. The van der Waals surface area contributed by atoms with E-state index in [0.717, 1.165) is 35.7 Å². The number of aryl methyl sites for hydroxylation is 1. The quantitative estimate of drug-likeness (QED) is 0.696. The van der Waals surface area contributed by atoms with Gasteiger partial charge in [-0.2, -0.15) is 9.78 Å². The molecule has 2 aromatic heterocycles. The van der Waals surface area contributed by atoms with E-state index in [4.69, 9.17) is 0 Å². The molecule has 1 fully saturated rings. The van der Waals surface area contributed by atoms with Crippen LogP contribution in [0.1, 0.15) is 48.4 Å². The zero-order valence-corrected chi connectivity index (χ0v) is 16.9. The van der Waals surface area contributed by atoms with Crippen molar-refractivity contribution < 1.29 is 9.90 Å². The van der Waals surface area contributed by atoms with Crippen molar-refractivity contribution in [2.75, 3.05) is 23.3 Å². The fraction of sp³-hybridized carbons (Fsp3) is 0.364. The van der Waals surface area contributed by atoms with Gasteiger partial charge in [0.1, 0.15) is 11.6 Å². The summed E-state index contributed by atoms with van der Waals surface area (Å²) in [4.78, 5) is 14.7. The number of rotatable bonds is 3. The molecule has 2 aliphatic rings. The summed E-state index contributed by atoms with van der Waals surface area (Å²) in [5.74, 6) is 1.99. The lowest BCUT2D eigenvalue weighted by Gasteiger charge is -2.27. The minimum absolute atomic E-state index is 0.0881. The largest absolute Gasteiger partial charge is 0.508 e. The maximum Gasteiger partial charge on any atom is 0.226 e. The van der Waals surface area contributed by atoms with Crippen molar-refractivity contribution >= 4 is 17.5 Å². The van der Waals surface area contributed by atoms with Gasteiger partial charge in [0.25, 0.3) is 0 Å². The number of amides is 1. The Morgan fingerprint density at radius 3 is 2.57 bits per heavy atom. The van der Waals surface area contributed by atoms with Gasteiger partial charge >= 0.3 is 0 Å². The van der Waals surface area contributed by atoms with Gasteiger partial charge < -0.3 is 15.3 Å². The van der Waals surface area contributed by atoms with Crippen LogP contribution in [0.25, 0.3) is 5.82 Å². The number of nitrogens with zero attached hydrogens (tertiary/aromatic N) is 5. The summed E-state index contributed by atoms with van der Waals surface area (Å²) in [5, 5.41) is 26.3. The highest BCUT2D eigenvalue weighted by Crippen LogP contribution is 2.40. The van der Waals surface area contributed by atoms with Gasteiger partial charge in [-0.1, -0.05) is 12.1 Å². The van der Waals surface area contributed by atoms with E-state index in [2.05, 4.69) is 25.5 Å². The van der Waals surface area contributed by atoms with Crippen LogP contribution < -0.4 is 10.2 Å². The standard InChI is InChI=1S/C22H24N6O2/c1-14-21-17(15-6-5-7-16(29)12-15)13-20(30)23-22(21)28(26-14)19-9-8-18(24-25-19)27-10-3-2-4-11-27/h5-9,12,17,29H,2-4,10-11,13H2,1H3,(H,23,30). The number of aromatic nitrogens is 4. The van der Waals surface area contributed by atoms with Crippen LogP contribution in [-0.2, 0) is 4.79 Å². The van der Waals surface area contributed by atoms with Crippen LogP contribution in [0.2, 0.25) is 0 Å². The Labute approximate surface area is 174 Å². The van der Waals surface area contributed by atoms with Gasteiger partial charge in [0.2, 0.25) is 5.91 Å². The molecule has 1 unspecified atom stereocenters. The molecule has 8 heteroatoms. The monoisotopic (exact) mass is 404 g/mol. The van der Waals surface area contributed by atoms with Crippen molar-refractivity contribution in [1.82, 2.24) is 20.0 Å². The molecule has 154 valence electrons. The number of phenolic OH excluding ortho intramolecular Hbond substituents is 1. The summed E-state index contributed by atoms with van der Waals surface area (Å²) in [6.07, 6.45) is 3.93. The Hall–Kier alpha value is -3.42. The third kappa shape index (κ3) is 3.28. The van der Waals surface area contributed by atoms with Gasteiger partial charge in [-0.3, -0.25) is 4.79 Å². The lowest BCUT2D eigenvalue weighted by atomic mass is 9.86. The molecule has 2 N–H and O–H groups in total. The van der Waals surface area contributed by atoms with Crippen LogP contribution in [0.15, 0.2) is 36.4 Å². The first-order chi connectivity index (χ1) is 14.6. The Morgan fingerprint density at radius 2 is 1.83 bits per heavy atom. The van der Waals surface area contributed by atoms with E-state index >= 15 is 0 Å². The van der Waals surface area contributed by atoms with Gasteiger partial charge in [0.05, 0.1) is 5.69 Å². The van der Waals surface area contributed by atoms with E-state index in [-0.39, 0.29) is 17.6 Å². The van der Waals surface area contributed by atoms with Crippen LogP contribution >= 0.6 is 0 Å². The molecule has 0 aliphatic carbocycles. The predicted molar refractivity (Wildman–Crippen MR) is 113 cm³/mol. The summed E-state index contributed by atoms with van der Waals surface area (Å²) in [6.45, 7) is 3.94. The second-order valence-corrected chi connectivity index (χ2v) is 7.96. The fourth-order valence-electron chi connectivity index (χ4n) is 4.46. The number of piperidine rings is 1. The smallest absolute Gasteiger partial charge is 0.226 e. The maximum atomic E-state index is 12.5. The van der Waals surface area contributed by atoms with Crippen LogP contribution in [0, 0.1) is 6.92 Å². The molecule has 3 aromatic rings. The first-order valence-electron chi connectivity index (χ1n) is 10.4. The summed E-state index contributed by atoms with van der Waals surface area (Å²) in [6, 6.07) is 10.9. The van der Waals surface area contributed by atoms with Crippen LogP contribution in [0.4, 0.5) is 11.6 Å². The number of carbonyl (C=O) groups excluding carboxylic acids is 1. The predicted octanol–water partition coefficient (Wildman–Crippen LogP) is 3.14. The lowest BCUT2D eigenvalue weighted by molar-refractivity contribution is -0.116. The molecule has 0 saturated carbocycles. The summed E-state index contributed by atoms with van der Waals surface area (Å²) < 4.78 is 1.66. The lowest BCUT2D eigenvalue weighted by Crippen LogP contribution is -2.30.